The molecule has 0 saturated carbocycles. The molecule has 27 heavy (non-hydrogen) atoms. The number of amides is 1. The summed E-state index contributed by atoms with van der Waals surface area (Å²) < 4.78 is 1.34. The molecule has 1 atom stereocenters. The Morgan fingerprint density at radius 3 is 2.74 bits per heavy atom. The van der Waals surface area contributed by atoms with Crippen molar-refractivity contribution in [1.82, 2.24) is 25.1 Å². The number of aryl methyl sites for hydroxylation is 1. The Balaban J connectivity index is 1.71. The minimum Gasteiger partial charge on any atom is -0.341 e. The van der Waals surface area contributed by atoms with Gasteiger partial charge in [-0.3, -0.25) is 9.59 Å². The minimum absolute atomic E-state index is 0.202. The second kappa shape index (κ2) is 8.44. The molecule has 1 amide bonds. The van der Waals surface area contributed by atoms with E-state index in [2.05, 4.69) is 20.4 Å². The van der Waals surface area contributed by atoms with Crippen molar-refractivity contribution in [2.75, 3.05) is 0 Å². The lowest BCUT2D eigenvalue weighted by Crippen LogP contribution is -2.31. The summed E-state index contributed by atoms with van der Waals surface area (Å²) in [6, 6.07) is 12.4. The van der Waals surface area contributed by atoms with Crippen LogP contribution in [0.5, 0.6) is 0 Å². The Morgan fingerprint density at radius 1 is 1.22 bits per heavy atom. The summed E-state index contributed by atoms with van der Waals surface area (Å²) in [5.41, 5.74) is 1.93. The number of rotatable bonds is 7. The van der Waals surface area contributed by atoms with E-state index in [4.69, 9.17) is 0 Å². The van der Waals surface area contributed by atoms with Gasteiger partial charge in [-0.15, -0.1) is 0 Å². The monoisotopic (exact) mass is 365 g/mol. The van der Waals surface area contributed by atoms with Crippen LogP contribution >= 0.6 is 0 Å². The smallest absolute Gasteiger partial charge is 0.272 e. The quantitative estimate of drug-likeness (QED) is 0.673. The normalized spacial score (nSPS) is 11.9. The highest BCUT2D eigenvalue weighted by Crippen LogP contribution is 2.18. The maximum atomic E-state index is 12.5. The third-order valence-corrected chi connectivity index (χ3v) is 4.26. The fourth-order valence-electron chi connectivity index (χ4n) is 2.70. The Bertz CT molecular complexity index is 962. The van der Waals surface area contributed by atoms with Crippen LogP contribution in [-0.4, -0.2) is 25.7 Å². The lowest BCUT2D eigenvalue weighted by molar-refractivity contribution is 0.0930. The van der Waals surface area contributed by atoms with Crippen LogP contribution in [0.4, 0.5) is 0 Å². The van der Waals surface area contributed by atoms with E-state index in [0.717, 1.165) is 24.1 Å². The van der Waals surface area contributed by atoms with Crippen molar-refractivity contribution >= 4 is 5.91 Å². The van der Waals surface area contributed by atoms with E-state index >= 15 is 0 Å². The number of unbranched alkanes of at least 4 members (excludes halogenated alkanes) is 1. The lowest BCUT2D eigenvalue weighted by atomic mass is 10.2. The lowest BCUT2D eigenvalue weighted by Gasteiger charge is -2.12. The number of carbonyl (C=O) groups excluding carboxylic acids is 1. The molecule has 0 aliphatic heterocycles. The highest BCUT2D eigenvalue weighted by atomic mass is 16.2. The number of imidazole rings is 1. The fourth-order valence-corrected chi connectivity index (χ4v) is 2.70. The molecule has 3 aromatic rings. The number of aromatic nitrogens is 4. The SMILES string of the molecule is CCCCn1nc(C(=O)NC(C)c2ncc(-c3ccccc3)[nH]2)ccc1=O. The van der Waals surface area contributed by atoms with Gasteiger partial charge in [-0.25, -0.2) is 9.67 Å². The van der Waals surface area contributed by atoms with Gasteiger partial charge in [0, 0.05) is 12.6 Å². The van der Waals surface area contributed by atoms with Gasteiger partial charge in [-0.2, -0.15) is 5.10 Å². The molecule has 0 aliphatic rings. The van der Waals surface area contributed by atoms with Crippen molar-refractivity contribution in [2.24, 2.45) is 0 Å². The number of nitrogens with one attached hydrogen (secondary N) is 2. The van der Waals surface area contributed by atoms with E-state index < -0.39 is 0 Å². The summed E-state index contributed by atoms with van der Waals surface area (Å²) in [7, 11) is 0. The molecule has 3 rings (SSSR count). The number of benzene rings is 1. The van der Waals surface area contributed by atoms with Crippen molar-refractivity contribution < 1.29 is 4.79 Å². The van der Waals surface area contributed by atoms with Crippen LogP contribution in [0.3, 0.4) is 0 Å². The number of hydrogen-bond donors (Lipinski definition) is 2. The third-order valence-electron chi connectivity index (χ3n) is 4.26. The molecule has 0 fully saturated rings. The molecule has 0 spiro atoms. The molecule has 7 heteroatoms. The van der Waals surface area contributed by atoms with Gasteiger partial charge in [0.05, 0.1) is 17.9 Å². The number of nitrogens with zero attached hydrogens (tertiary/aromatic N) is 3. The van der Waals surface area contributed by atoms with Gasteiger partial charge < -0.3 is 10.3 Å². The number of H-pyrrole nitrogens is 1. The first-order chi connectivity index (χ1) is 13.1. The third kappa shape index (κ3) is 4.49. The molecule has 140 valence electrons. The Morgan fingerprint density at radius 2 is 2.00 bits per heavy atom. The Kier molecular flexibility index (Phi) is 5.80. The molecule has 0 saturated heterocycles. The molecule has 2 heterocycles. The standard InChI is InChI=1S/C20H23N5O2/c1-3-4-12-25-18(26)11-10-16(24-25)20(27)22-14(2)19-21-13-17(23-19)15-8-6-5-7-9-15/h5-11,13-14H,3-4,12H2,1-2H3,(H,21,23)(H,22,27). The summed E-state index contributed by atoms with van der Waals surface area (Å²) in [5, 5.41) is 7.04. The fraction of sp³-hybridized carbons (Fsp3) is 0.300. The summed E-state index contributed by atoms with van der Waals surface area (Å²) >= 11 is 0. The summed E-state index contributed by atoms with van der Waals surface area (Å²) in [4.78, 5) is 31.9. The van der Waals surface area contributed by atoms with Crippen LogP contribution in [0.15, 0.2) is 53.5 Å². The van der Waals surface area contributed by atoms with E-state index in [-0.39, 0.29) is 23.2 Å². The minimum atomic E-state index is -0.342. The molecule has 7 nitrogen and oxygen atoms in total. The van der Waals surface area contributed by atoms with Gasteiger partial charge in [0.2, 0.25) is 0 Å². The molecule has 2 N–H and O–H groups in total. The molecule has 2 aromatic heterocycles. The average Bonchev–Trinajstić information content (AvgIpc) is 3.18. The summed E-state index contributed by atoms with van der Waals surface area (Å²) in [6.07, 6.45) is 3.53. The van der Waals surface area contributed by atoms with E-state index in [0.29, 0.717) is 12.4 Å². The van der Waals surface area contributed by atoms with Crippen LogP contribution < -0.4 is 10.9 Å². The zero-order chi connectivity index (χ0) is 19.2. The highest BCUT2D eigenvalue weighted by molar-refractivity contribution is 5.92. The second-order valence-electron chi connectivity index (χ2n) is 6.38. The van der Waals surface area contributed by atoms with Gasteiger partial charge >= 0.3 is 0 Å². The number of carbonyl (C=O) groups is 1. The van der Waals surface area contributed by atoms with Crippen molar-refractivity contribution in [2.45, 2.75) is 39.3 Å². The first-order valence-corrected chi connectivity index (χ1v) is 9.08. The average molecular weight is 365 g/mol. The zero-order valence-electron chi connectivity index (χ0n) is 15.5. The Labute approximate surface area is 157 Å². The number of hydrogen-bond acceptors (Lipinski definition) is 4. The van der Waals surface area contributed by atoms with Crippen LogP contribution in [0.1, 0.15) is 49.0 Å². The first kappa shape index (κ1) is 18.6. The Hall–Kier alpha value is -3.22. The van der Waals surface area contributed by atoms with Crippen LogP contribution in [-0.2, 0) is 6.54 Å². The topological polar surface area (TPSA) is 92.7 Å². The second-order valence-corrected chi connectivity index (χ2v) is 6.38. The summed E-state index contributed by atoms with van der Waals surface area (Å²) in [5.74, 6) is 0.312. The summed E-state index contributed by atoms with van der Waals surface area (Å²) in [6.45, 7) is 4.39. The molecule has 0 aliphatic carbocycles. The first-order valence-electron chi connectivity index (χ1n) is 9.08. The van der Waals surface area contributed by atoms with Gasteiger partial charge in [0.25, 0.3) is 11.5 Å². The van der Waals surface area contributed by atoms with Crippen LogP contribution in [0.2, 0.25) is 0 Å². The van der Waals surface area contributed by atoms with Crippen molar-refractivity contribution in [1.29, 1.82) is 0 Å². The van der Waals surface area contributed by atoms with Crippen molar-refractivity contribution in [3.63, 3.8) is 0 Å². The van der Waals surface area contributed by atoms with Gasteiger partial charge in [0.15, 0.2) is 0 Å². The van der Waals surface area contributed by atoms with Gasteiger partial charge in [0.1, 0.15) is 11.5 Å². The van der Waals surface area contributed by atoms with Gasteiger partial charge in [-0.05, 0) is 25.0 Å². The van der Waals surface area contributed by atoms with E-state index in [1.807, 2.05) is 44.2 Å². The molecule has 0 bridgehead atoms. The number of aromatic amines is 1. The van der Waals surface area contributed by atoms with E-state index in [9.17, 15) is 9.59 Å². The van der Waals surface area contributed by atoms with Crippen molar-refractivity contribution in [3.05, 3.63) is 70.5 Å². The molecule has 1 unspecified atom stereocenters. The maximum Gasteiger partial charge on any atom is 0.272 e. The maximum absolute atomic E-state index is 12.5. The molecular formula is C20H23N5O2. The van der Waals surface area contributed by atoms with Crippen molar-refractivity contribution in [3.8, 4) is 11.3 Å². The van der Waals surface area contributed by atoms with Gasteiger partial charge in [-0.1, -0.05) is 43.7 Å². The predicted molar refractivity (Wildman–Crippen MR) is 103 cm³/mol. The zero-order valence-corrected chi connectivity index (χ0v) is 15.5. The molecule has 0 radical (unpaired) electrons. The predicted octanol–water partition coefficient (Wildman–Crippen LogP) is 2.92. The molecule has 1 aromatic carbocycles. The van der Waals surface area contributed by atoms with E-state index in [1.165, 1.54) is 16.8 Å². The highest BCUT2D eigenvalue weighted by Gasteiger charge is 2.16. The largest absolute Gasteiger partial charge is 0.341 e. The van der Waals surface area contributed by atoms with Crippen LogP contribution in [0, 0.1) is 0 Å². The van der Waals surface area contributed by atoms with Crippen LogP contribution in [0.25, 0.3) is 11.3 Å². The molecular weight excluding hydrogens is 342 g/mol. The van der Waals surface area contributed by atoms with E-state index in [1.54, 1.807) is 6.20 Å².